The number of aromatic nitrogens is 10. The average molecular weight is 2120 g/mol. The summed E-state index contributed by atoms with van der Waals surface area (Å²) >= 11 is 0. The van der Waals surface area contributed by atoms with Gasteiger partial charge in [0.25, 0.3) is 0 Å². The van der Waals surface area contributed by atoms with Crippen molar-refractivity contribution in [3.05, 3.63) is 424 Å². The molecule has 7 aromatic heterocycles. The van der Waals surface area contributed by atoms with Gasteiger partial charge in [0, 0.05) is 111 Å². The van der Waals surface area contributed by atoms with Gasteiger partial charge in [-0.2, -0.15) is 22.3 Å². The summed E-state index contributed by atoms with van der Waals surface area (Å²) in [6.45, 7) is 6.37. The fraction of sp³-hybridized carbons (Fsp3) is 0.0680. The zero-order valence-electron chi connectivity index (χ0n) is 66.3. The molecule has 1 fully saturated rings. The zero-order chi connectivity index (χ0) is 80.5. The van der Waals surface area contributed by atoms with Crippen molar-refractivity contribution in [2.45, 2.75) is 26.7 Å². The minimum Gasteiger partial charge on any atom is -0.662 e. The molecule has 18 heteroatoms. The van der Waals surface area contributed by atoms with Crippen molar-refractivity contribution in [2.75, 3.05) is 13.1 Å². The van der Waals surface area contributed by atoms with Gasteiger partial charge in [-0.3, -0.25) is 14.3 Å². The normalized spacial score (nSPS) is 10.9. The van der Waals surface area contributed by atoms with E-state index >= 15 is 0 Å². The number of phenols is 1. The van der Waals surface area contributed by atoms with Crippen LogP contribution < -0.4 is 19.2 Å². The van der Waals surface area contributed by atoms with Crippen LogP contribution in [-0.2, 0) is 70.2 Å². The Morgan fingerprint density at radius 2 is 0.769 bits per heavy atom. The Morgan fingerprint density at radius 1 is 0.372 bits per heavy atom. The van der Waals surface area contributed by atoms with E-state index in [1.165, 1.54) is 57.0 Å². The molecular formula is C103H82N11O4Pt3-. The molecule has 0 spiro atoms. The zero-order valence-corrected chi connectivity index (χ0v) is 73.1. The predicted octanol–water partition coefficient (Wildman–Crippen LogP) is 24.9. The van der Waals surface area contributed by atoms with Gasteiger partial charge in [0.1, 0.15) is 5.75 Å². The molecule has 0 radical (unpaired) electrons. The van der Waals surface area contributed by atoms with Gasteiger partial charge in [-0.05, 0) is 116 Å². The van der Waals surface area contributed by atoms with E-state index in [9.17, 15) is 0 Å². The maximum atomic E-state index is 8.63. The van der Waals surface area contributed by atoms with Crippen LogP contribution in [0.15, 0.2) is 389 Å². The molecule has 0 unspecified atom stereocenters. The van der Waals surface area contributed by atoms with E-state index in [0.29, 0.717) is 40.6 Å². The van der Waals surface area contributed by atoms with Gasteiger partial charge in [0.2, 0.25) is 17.6 Å². The first kappa shape index (κ1) is 87.1. The van der Waals surface area contributed by atoms with Crippen molar-refractivity contribution in [2.24, 2.45) is 7.05 Å². The van der Waals surface area contributed by atoms with E-state index in [1.807, 2.05) is 183 Å². The summed E-state index contributed by atoms with van der Waals surface area (Å²) in [7, 11) is 2.02. The van der Waals surface area contributed by atoms with E-state index in [2.05, 4.69) is 247 Å². The molecule has 0 bridgehead atoms. The molecule has 15 nitrogen and oxygen atoms in total. The number of ether oxygens (including phenoxy) is 3. The Balaban J connectivity index is 0.000000143. The molecule has 0 atom stereocenters. The van der Waals surface area contributed by atoms with Crippen LogP contribution in [0, 0.1) is 32.0 Å². The van der Waals surface area contributed by atoms with E-state index in [0.717, 1.165) is 91.8 Å². The minimum absolute atomic E-state index is 0. The molecule has 1 N–H and O–H groups in total. The van der Waals surface area contributed by atoms with Crippen molar-refractivity contribution in [1.82, 2.24) is 49.0 Å². The topological polar surface area (TPSA) is 168 Å². The number of hydrogen-bond donors (Lipinski definition) is 1. The first-order valence-electron chi connectivity index (χ1n) is 38.9. The summed E-state index contributed by atoms with van der Waals surface area (Å²) in [6.07, 6.45) is 13.5. The summed E-state index contributed by atoms with van der Waals surface area (Å²) < 4.78 is 23.2. The third kappa shape index (κ3) is 23.4. The third-order valence-electron chi connectivity index (χ3n) is 19.3. The number of aryl methyl sites for hydroxylation is 1. The summed E-state index contributed by atoms with van der Waals surface area (Å²) in [5.41, 5.74) is 20.5. The Morgan fingerprint density at radius 3 is 1.21 bits per heavy atom. The molecule has 1 saturated heterocycles. The number of aromatic hydroxyl groups is 1. The number of nitrogens with zero attached hydrogens (tertiary/aromatic N) is 11. The van der Waals surface area contributed by atoms with Crippen LogP contribution in [0.2, 0.25) is 0 Å². The molecule has 12 aromatic carbocycles. The van der Waals surface area contributed by atoms with Crippen molar-refractivity contribution in [3.63, 3.8) is 0 Å². The fourth-order valence-electron chi connectivity index (χ4n) is 13.4. The third-order valence-corrected chi connectivity index (χ3v) is 19.3. The Bertz CT molecular complexity index is 6290. The van der Waals surface area contributed by atoms with Crippen LogP contribution in [-0.4, -0.2) is 62.3 Å². The number of para-hydroxylation sites is 3. The predicted molar refractivity (Wildman–Crippen MR) is 473 cm³/mol. The summed E-state index contributed by atoms with van der Waals surface area (Å²) in [5, 5.41) is 24.5. The average Bonchev–Trinajstić information content (AvgIpc) is 1.70. The quantitative estimate of drug-likeness (QED) is 0.0970. The van der Waals surface area contributed by atoms with Gasteiger partial charge >= 0.3 is 42.1 Å². The fourth-order valence-corrected chi connectivity index (χ4v) is 13.4. The maximum absolute atomic E-state index is 8.63. The van der Waals surface area contributed by atoms with Crippen LogP contribution in [0.3, 0.4) is 0 Å². The molecule has 0 aliphatic carbocycles. The van der Waals surface area contributed by atoms with Gasteiger partial charge in [-0.1, -0.05) is 268 Å². The van der Waals surface area contributed by atoms with Gasteiger partial charge < -0.3 is 34.2 Å². The van der Waals surface area contributed by atoms with Crippen LogP contribution in [0.25, 0.3) is 117 Å². The van der Waals surface area contributed by atoms with Gasteiger partial charge in [-0.25, -0.2) is 15.0 Å². The minimum atomic E-state index is 0. The molecule has 121 heavy (non-hydrogen) atoms. The Hall–Kier alpha value is -13.3. The molecule has 19 aromatic rings. The van der Waals surface area contributed by atoms with E-state index < -0.39 is 0 Å². The number of pyridine rings is 3. The molecular weight excluding hydrogens is 2040 g/mol. The number of benzene rings is 12. The molecule has 8 heterocycles. The summed E-state index contributed by atoms with van der Waals surface area (Å²) in [4.78, 5) is 21.8. The molecule has 604 valence electrons. The van der Waals surface area contributed by atoms with Crippen LogP contribution in [0.4, 0.5) is 0 Å². The molecule has 0 saturated carbocycles. The number of hydrogen-bond acceptors (Lipinski definition) is 10. The first-order chi connectivity index (χ1) is 58.2. The summed E-state index contributed by atoms with van der Waals surface area (Å²) in [5.74, 6) is 4.55. The second-order valence-corrected chi connectivity index (χ2v) is 27.4. The number of fused-ring (bicyclic) bond motifs is 3. The molecule has 1 aliphatic heterocycles. The molecule has 1 aliphatic rings. The smallest absolute Gasteiger partial charge is 0.662 e. The van der Waals surface area contributed by atoms with E-state index in [4.69, 9.17) is 24.4 Å². The van der Waals surface area contributed by atoms with Crippen molar-refractivity contribution < 1.29 is 82.5 Å². The molecule has 0 amide bonds. The van der Waals surface area contributed by atoms with Crippen LogP contribution in [0.5, 0.6) is 40.6 Å². The monoisotopic (exact) mass is 2120 g/mol. The van der Waals surface area contributed by atoms with Crippen LogP contribution >= 0.6 is 0 Å². The van der Waals surface area contributed by atoms with Gasteiger partial charge in [-0.15, -0.1) is 84.3 Å². The van der Waals surface area contributed by atoms with Crippen molar-refractivity contribution in [1.29, 1.82) is 0 Å². The van der Waals surface area contributed by atoms with E-state index in [1.54, 1.807) is 47.5 Å². The Labute approximate surface area is 748 Å². The summed E-state index contributed by atoms with van der Waals surface area (Å²) in [6, 6.07) is 126. The van der Waals surface area contributed by atoms with Gasteiger partial charge in [0.05, 0.1) is 23.4 Å². The number of imidazole rings is 1. The molecule has 20 rings (SSSR count). The second kappa shape index (κ2) is 44.0. The number of phenolic OH excluding ortho intramolecular Hbond substituents is 1. The number of rotatable bonds is 15. The Kier molecular flexibility index (Phi) is 31.6. The van der Waals surface area contributed by atoms with Crippen molar-refractivity contribution >= 4 is 21.8 Å². The van der Waals surface area contributed by atoms with Gasteiger partial charge in [0.15, 0.2) is 0 Å². The first-order valence-corrected chi connectivity index (χ1v) is 38.9. The maximum Gasteiger partial charge on any atom is 2.00 e. The largest absolute Gasteiger partial charge is 2.00 e. The standard InChI is InChI=1S/C28H22N3O.C27H20N3O.C26H18N3O.C12H8N.C6H6O.C4H8N.3Pt/c1-20-28(24-16-14-23(15-17-24)22-9-4-3-5-10-22)21(2)31(30-20)25-11-8-12-26(19-25)32-27-13-6-7-18-29-27;1-30-25(22-15-13-21(14-16-22)20-8-3-2-4-9-20)19-29-27(30)23-10-7-11-24(18-23)31-26-12-5-6-17-28-26;1-2-7-20(8-3-1)21-12-14-22(15-13-21)23-18-28-29(19-23)24-9-6-10-25(17-24)30-26-11-4-5-16-27-26;1-3-7-11-9(5-1)10-6-2-4-8-12(10)13-11;7-6-4-2-1-3-5-6;1-2-4-5-3-1;;;/h3-18H,1-2H3;2-17,19H,1H3;1-16,18-19H;1-8H;1-5,7H;1-4H2;;;/q4*-1;;-1;;2*+2. The van der Waals surface area contributed by atoms with E-state index in [-0.39, 0.29) is 63.2 Å². The van der Waals surface area contributed by atoms with Crippen LogP contribution in [0.1, 0.15) is 24.2 Å². The second-order valence-electron chi connectivity index (χ2n) is 27.4. The van der Waals surface area contributed by atoms with Crippen molar-refractivity contribution in [3.8, 4) is 130 Å². The SMILES string of the molecule is C1CC[N-]C1.Cc1nn(-c2[c-]c(Oc3ccccn3)ccc2)c(C)c1-c1ccc(-c2ccccc2)cc1.Cn1c(-c2ccc(-c3ccccc3)cc2)cnc1-c1[c-]c(Oc2ccccn2)ccc1.Oc1ccccc1.[Pt+2].[Pt+2].[Pt].[c-]1c(Oc2ccccn2)cccc1-n1cc(-c2ccc(-c3ccccc3)cc2)cn1.c1ccc2c(c1)[n-]c1ccccc12.